The van der Waals surface area contributed by atoms with E-state index in [2.05, 4.69) is 0 Å². The first-order valence-electron chi connectivity index (χ1n) is 10.7. The van der Waals surface area contributed by atoms with Crippen LogP contribution in [0.2, 0.25) is 15.9 Å². The van der Waals surface area contributed by atoms with Crippen molar-refractivity contribution in [2.24, 2.45) is 17.8 Å². The Morgan fingerprint density at radius 2 is 0.727 bits per heavy atom. The van der Waals surface area contributed by atoms with Crippen molar-refractivity contribution in [1.29, 1.82) is 0 Å². The van der Waals surface area contributed by atoms with E-state index in [1.807, 2.05) is 0 Å². The third-order valence-corrected chi connectivity index (χ3v) is 10.2. The molecule has 0 atom stereocenters. The molecule has 6 bridgehead atoms. The first-order chi connectivity index (χ1) is 10.7. The van der Waals surface area contributed by atoms with Crippen LogP contribution in [-0.2, 0) is 0 Å². The molecule has 120 valence electrons. The Labute approximate surface area is 137 Å². The van der Waals surface area contributed by atoms with E-state index in [-0.39, 0.29) is 0 Å². The monoisotopic (exact) mass is 296 g/mol. The van der Waals surface area contributed by atoms with Crippen LogP contribution >= 0.6 is 0 Å². The summed E-state index contributed by atoms with van der Waals surface area (Å²) in [6.07, 6.45) is 24.5. The molecular formula is C21H33B. The zero-order valence-corrected chi connectivity index (χ0v) is 14.4. The van der Waals surface area contributed by atoms with Gasteiger partial charge >= 0.3 is 0 Å². The van der Waals surface area contributed by atoms with Crippen molar-refractivity contribution < 1.29 is 0 Å². The summed E-state index contributed by atoms with van der Waals surface area (Å²) in [5.41, 5.74) is 0. The molecule has 6 rings (SSSR count). The molecule has 0 aliphatic heterocycles. The Kier molecular flexibility index (Phi) is 2.54. The van der Waals surface area contributed by atoms with E-state index in [0.717, 1.165) is 33.7 Å². The molecule has 0 N–H and O–H groups in total. The highest BCUT2D eigenvalue weighted by Crippen LogP contribution is 2.79. The molecule has 6 aliphatic carbocycles. The highest BCUT2D eigenvalue weighted by atomic mass is 14.6. The normalized spacial score (nSPS) is 58.1. The van der Waals surface area contributed by atoms with E-state index in [0.29, 0.717) is 0 Å². The van der Waals surface area contributed by atoms with Crippen LogP contribution in [0.25, 0.3) is 0 Å². The van der Waals surface area contributed by atoms with Crippen LogP contribution in [0.15, 0.2) is 0 Å². The average molecular weight is 296 g/mol. The molecule has 0 aromatic rings. The van der Waals surface area contributed by atoms with Gasteiger partial charge in [0.05, 0.1) is 0 Å². The maximum absolute atomic E-state index is 1.66. The Bertz CT molecular complexity index is 399. The van der Waals surface area contributed by atoms with Gasteiger partial charge < -0.3 is 0 Å². The Hall–Kier alpha value is 0.0649. The Morgan fingerprint density at radius 1 is 0.455 bits per heavy atom. The van der Waals surface area contributed by atoms with Crippen molar-refractivity contribution in [3.63, 3.8) is 0 Å². The maximum Gasteiger partial charge on any atom is 0.159 e. The predicted molar refractivity (Wildman–Crippen MR) is 93.6 cm³/mol. The van der Waals surface area contributed by atoms with E-state index < -0.39 is 0 Å². The topological polar surface area (TPSA) is 0 Å². The van der Waals surface area contributed by atoms with Crippen LogP contribution in [0.3, 0.4) is 0 Å². The number of rotatable bonds is 3. The SMILES string of the molecule is C1CC2(B(C34CCC(CC3)C4)C34CCC(CC3)C4)CCC1C2. The van der Waals surface area contributed by atoms with Crippen LogP contribution in [0.5, 0.6) is 0 Å². The molecule has 0 unspecified atom stereocenters. The predicted octanol–water partition coefficient (Wildman–Crippen LogP) is 6.48. The van der Waals surface area contributed by atoms with Gasteiger partial charge in [-0.25, -0.2) is 0 Å². The zero-order valence-electron chi connectivity index (χ0n) is 14.4. The summed E-state index contributed by atoms with van der Waals surface area (Å²) in [6, 6.07) is 0. The number of fused-ring (bicyclic) bond motifs is 6. The van der Waals surface area contributed by atoms with Gasteiger partial charge in [-0.3, -0.25) is 0 Å². The second-order valence-electron chi connectivity index (χ2n) is 11.0. The molecule has 0 spiro atoms. The number of hydrogen-bond donors (Lipinski definition) is 0. The van der Waals surface area contributed by atoms with Crippen molar-refractivity contribution in [2.45, 2.75) is 112 Å². The van der Waals surface area contributed by atoms with Gasteiger partial charge in [-0.2, -0.15) is 0 Å². The summed E-state index contributed by atoms with van der Waals surface area (Å²) < 4.78 is 0. The van der Waals surface area contributed by atoms with Crippen LogP contribution < -0.4 is 0 Å². The smallest absolute Gasteiger partial charge is 0.0538 e. The van der Waals surface area contributed by atoms with E-state index in [1.54, 1.807) is 96.3 Å². The lowest BCUT2D eigenvalue weighted by molar-refractivity contribution is 0.399. The number of hydrogen-bond acceptors (Lipinski definition) is 0. The first-order valence-corrected chi connectivity index (χ1v) is 10.7. The van der Waals surface area contributed by atoms with Gasteiger partial charge in [-0.15, -0.1) is 0 Å². The summed E-state index contributed by atoms with van der Waals surface area (Å²) in [6.45, 7) is 1.17. The van der Waals surface area contributed by atoms with Gasteiger partial charge in [0.2, 0.25) is 0 Å². The maximum atomic E-state index is 1.66. The molecule has 0 saturated heterocycles. The molecule has 0 aromatic carbocycles. The lowest BCUT2D eigenvalue weighted by Crippen LogP contribution is -2.48. The first kappa shape index (κ1) is 13.4. The largest absolute Gasteiger partial charge is 0.159 e. The molecule has 6 aliphatic rings. The van der Waals surface area contributed by atoms with E-state index >= 15 is 0 Å². The van der Waals surface area contributed by atoms with Crippen molar-refractivity contribution in [3.8, 4) is 0 Å². The van der Waals surface area contributed by atoms with Gasteiger partial charge in [0.25, 0.3) is 0 Å². The molecule has 0 heterocycles. The zero-order chi connectivity index (χ0) is 14.4. The molecule has 0 aromatic heterocycles. The minimum Gasteiger partial charge on any atom is -0.0538 e. The van der Waals surface area contributed by atoms with Crippen molar-refractivity contribution in [3.05, 3.63) is 0 Å². The quantitative estimate of drug-likeness (QED) is 0.522. The van der Waals surface area contributed by atoms with Gasteiger partial charge in [0.15, 0.2) is 6.71 Å². The lowest BCUT2D eigenvalue weighted by atomic mass is 9.11. The minimum atomic E-state index is 0.836. The van der Waals surface area contributed by atoms with Crippen LogP contribution in [0.1, 0.15) is 96.3 Å². The molecular weight excluding hydrogens is 263 g/mol. The van der Waals surface area contributed by atoms with E-state index in [9.17, 15) is 0 Å². The average Bonchev–Trinajstić information content (AvgIpc) is 3.35. The van der Waals surface area contributed by atoms with Gasteiger partial charge in [0.1, 0.15) is 0 Å². The molecule has 22 heavy (non-hydrogen) atoms. The fraction of sp³-hybridized carbons (Fsp3) is 1.00. The van der Waals surface area contributed by atoms with Gasteiger partial charge in [0, 0.05) is 0 Å². The van der Waals surface area contributed by atoms with Crippen molar-refractivity contribution in [2.75, 3.05) is 0 Å². The van der Waals surface area contributed by atoms with Crippen LogP contribution in [0.4, 0.5) is 0 Å². The molecule has 6 saturated carbocycles. The fourth-order valence-electron chi connectivity index (χ4n) is 9.88. The van der Waals surface area contributed by atoms with Gasteiger partial charge in [-0.05, 0) is 33.7 Å². The lowest BCUT2D eigenvalue weighted by Gasteiger charge is -2.53. The van der Waals surface area contributed by atoms with Crippen molar-refractivity contribution >= 4 is 6.71 Å². The highest BCUT2D eigenvalue weighted by molar-refractivity contribution is 6.69. The Balaban J connectivity index is 1.47. The third-order valence-electron chi connectivity index (χ3n) is 10.2. The summed E-state index contributed by atoms with van der Waals surface area (Å²) in [5.74, 6) is 3.44. The van der Waals surface area contributed by atoms with Crippen LogP contribution in [0, 0.1) is 17.8 Å². The molecule has 0 radical (unpaired) electrons. The summed E-state index contributed by atoms with van der Waals surface area (Å²) in [5, 5.41) is 2.51. The van der Waals surface area contributed by atoms with Gasteiger partial charge in [-0.1, -0.05) is 96.3 Å². The second-order valence-corrected chi connectivity index (χ2v) is 11.0. The van der Waals surface area contributed by atoms with E-state index in [4.69, 9.17) is 0 Å². The molecule has 0 nitrogen and oxygen atoms in total. The summed E-state index contributed by atoms with van der Waals surface area (Å²) in [4.78, 5) is 0. The Morgan fingerprint density at radius 3 is 0.909 bits per heavy atom. The minimum absolute atomic E-state index is 0.836. The van der Waals surface area contributed by atoms with Crippen LogP contribution in [-0.4, -0.2) is 6.71 Å². The summed E-state index contributed by atoms with van der Waals surface area (Å²) >= 11 is 0. The molecule has 6 fully saturated rings. The standard InChI is InChI=1S/C21H33B/c1-7-19(8-2-16(1)13-19)22(20-9-3-17(14-20)4-10-20)21-11-5-18(15-21)6-12-21/h16-18H,1-15H2. The third kappa shape index (κ3) is 1.53. The molecule has 0 amide bonds. The second kappa shape index (κ2) is 4.18. The molecule has 1 heteroatoms. The summed E-state index contributed by atoms with van der Waals surface area (Å²) in [7, 11) is 0. The van der Waals surface area contributed by atoms with E-state index in [1.165, 1.54) is 6.71 Å². The highest BCUT2D eigenvalue weighted by Gasteiger charge is 2.69. The van der Waals surface area contributed by atoms with Crippen molar-refractivity contribution in [1.82, 2.24) is 0 Å². The fourth-order valence-corrected chi connectivity index (χ4v) is 9.88.